The first kappa shape index (κ1) is 18.1. The molecule has 0 saturated carbocycles. The van der Waals surface area contributed by atoms with Crippen molar-refractivity contribution < 1.29 is 32.7 Å². The van der Waals surface area contributed by atoms with E-state index in [1.807, 2.05) is 14.8 Å². The second kappa shape index (κ2) is 9.92. The maximum Gasteiger partial charge on any atom is 0.476 e. The van der Waals surface area contributed by atoms with Gasteiger partial charge in [0.1, 0.15) is 14.0 Å². The Morgan fingerprint density at radius 1 is 1.28 bits per heavy atom. The van der Waals surface area contributed by atoms with Crippen molar-refractivity contribution >= 4 is 15.7 Å². The van der Waals surface area contributed by atoms with E-state index in [0.29, 0.717) is 6.61 Å². The number of methoxy groups -OCH3 is 1. The zero-order valence-electron chi connectivity index (χ0n) is 11.3. The quantitative estimate of drug-likeness (QED) is 0.328. The van der Waals surface area contributed by atoms with Crippen LogP contribution in [0.4, 0.5) is 0 Å². The van der Waals surface area contributed by atoms with Crippen molar-refractivity contribution in [2.45, 2.75) is 25.5 Å². The molecule has 0 aromatic rings. The SMILES string of the molecule is BC(CC)OC(COC)COP(=O)(OC)OCO. The monoisotopic (exact) mass is 284 g/mol. The molecule has 3 atom stereocenters. The molecule has 3 unspecified atom stereocenters. The average molecular weight is 284 g/mol. The van der Waals surface area contributed by atoms with Gasteiger partial charge in [0.25, 0.3) is 0 Å². The van der Waals surface area contributed by atoms with Crippen LogP contribution in [-0.2, 0) is 27.6 Å². The maximum absolute atomic E-state index is 11.7. The van der Waals surface area contributed by atoms with E-state index in [9.17, 15) is 4.57 Å². The Balaban J connectivity index is 4.27. The van der Waals surface area contributed by atoms with Crippen LogP contribution in [0.3, 0.4) is 0 Å². The van der Waals surface area contributed by atoms with Crippen LogP contribution in [0.25, 0.3) is 0 Å². The number of hydrogen-bond donors (Lipinski definition) is 1. The first-order valence-corrected chi connectivity index (χ1v) is 7.17. The summed E-state index contributed by atoms with van der Waals surface area (Å²) < 4.78 is 36.4. The first-order valence-electron chi connectivity index (χ1n) is 5.71. The van der Waals surface area contributed by atoms with Crippen molar-refractivity contribution in [2.75, 3.05) is 34.2 Å². The lowest BCUT2D eigenvalue weighted by molar-refractivity contribution is -0.0501. The summed E-state index contributed by atoms with van der Waals surface area (Å²) >= 11 is 0. The van der Waals surface area contributed by atoms with Gasteiger partial charge in [0.05, 0.1) is 13.2 Å². The summed E-state index contributed by atoms with van der Waals surface area (Å²) in [6.07, 6.45) is 0.464. The fraction of sp³-hybridized carbons (Fsp3) is 1.00. The molecule has 0 aromatic carbocycles. The molecule has 0 bridgehead atoms. The van der Waals surface area contributed by atoms with Crippen LogP contribution in [0.5, 0.6) is 0 Å². The van der Waals surface area contributed by atoms with Crippen LogP contribution >= 0.6 is 7.82 Å². The Kier molecular flexibility index (Phi) is 9.95. The Hall–Kier alpha value is 0.0549. The smallest absolute Gasteiger partial charge is 0.382 e. The minimum atomic E-state index is -3.72. The van der Waals surface area contributed by atoms with Gasteiger partial charge >= 0.3 is 7.82 Å². The van der Waals surface area contributed by atoms with Gasteiger partial charge < -0.3 is 14.6 Å². The molecule has 0 rings (SSSR count). The molecule has 0 heterocycles. The molecule has 0 spiro atoms. The number of aliphatic hydroxyl groups is 1. The van der Waals surface area contributed by atoms with E-state index >= 15 is 0 Å². The summed E-state index contributed by atoms with van der Waals surface area (Å²) in [6.45, 7) is 1.53. The van der Waals surface area contributed by atoms with Gasteiger partial charge in [-0.2, -0.15) is 0 Å². The van der Waals surface area contributed by atoms with Gasteiger partial charge in [-0.25, -0.2) is 4.57 Å². The van der Waals surface area contributed by atoms with Crippen LogP contribution in [0.15, 0.2) is 0 Å². The standard InChI is InChI=1S/C9H22BO7P/c1-4-9(10)17-8(5-13-2)6-15-18(12,14-3)16-7-11/h8-9,11H,4-7,10H2,1-3H3. The molecule has 7 nitrogen and oxygen atoms in total. The second-order valence-electron chi connectivity index (χ2n) is 3.62. The molecular weight excluding hydrogens is 262 g/mol. The molecule has 0 radical (unpaired) electrons. The van der Waals surface area contributed by atoms with Crippen molar-refractivity contribution in [1.29, 1.82) is 0 Å². The van der Waals surface area contributed by atoms with Crippen molar-refractivity contribution in [3.63, 3.8) is 0 Å². The molecule has 0 amide bonds. The zero-order chi connectivity index (χ0) is 14.0. The van der Waals surface area contributed by atoms with Gasteiger partial charge in [0.2, 0.25) is 0 Å². The van der Waals surface area contributed by atoms with Crippen molar-refractivity contribution in [3.05, 3.63) is 0 Å². The Morgan fingerprint density at radius 3 is 2.39 bits per heavy atom. The molecule has 0 aromatic heterocycles. The fourth-order valence-electron chi connectivity index (χ4n) is 1.13. The lowest BCUT2D eigenvalue weighted by Crippen LogP contribution is -2.30. The van der Waals surface area contributed by atoms with Crippen molar-refractivity contribution in [1.82, 2.24) is 0 Å². The summed E-state index contributed by atoms with van der Waals surface area (Å²) in [4.78, 5) is 0. The number of rotatable bonds is 11. The van der Waals surface area contributed by atoms with Crippen LogP contribution in [0.1, 0.15) is 13.3 Å². The minimum Gasteiger partial charge on any atom is -0.382 e. The average Bonchev–Trinajstić information content (AvgIpc) is 2.36. The highest BCUT2D eigenvalue weighted by Gasteiger charge is 2.27. The van der Waals surface area contributed by atoms with Gasteiger partial charge in [-0.05, 0) is 6.42 Å². The third kappa shape index (κ3) is 7.48. The highest BCUT2D eigenvalue weighted by Crippen LogP contribution is 2.48. The van der Waals surface area contributed by atoms with Crippen molar-refractivity contribution in [3.8, 4) is 0 Å². The van der Waals surface area contributed by atoms with Crippen molar-refractivity contribution in [2.24, 2.45) is 0 Å². The number of ether oxygens (including phenoxy) is 2. The number of phosphoric acid groups is 1. The van der Waals surface area contributed by atoms with Crippen LogP contribution in [-0.4, -0.2) is 59.3 Å². The summed E-state index contributed by atoms with van der Waals surface area (Å²) in [5, 5.41) is 8.57. The van der Waals surface area contributed by atoms with Gasteiger partial charge in [0.15, 0.2) is 6.79 Å². The van der Waals surface area contributed by atoms with Crippen LogP contribution in [0, 0.1) is 0 Å². The number of hydrogen-bond acceptors (Lipinski definition) is 7. The largest absolute Gasteiger partial charge is 0.476 e. The van der Waals surface area contributed by atoms with E-state index < -0.39 is 14.6 Å². The second-order valence-corrected chi connectivity index (χ2v) is 5.39. The maximum atomic E-state index is 11.7. The Morgan fingerprint density at radius 2 is 1.94 bits per heavy atom. The molecule has 0 saturated heterocycles. The van der Waals surface area contributed by atoms with E-state index in [1.54, 1.807) is 0 Å². The Bertz CT molecular complexity index is 253. The third-order valence-corrected chi connectivity index (χ3v) is 3.55. The third-order valence-electron chi connectivity index (χ3n) is 2.21. The molecule has 18 heavy (non-hydrogen) atoms. The highest BCUT2D eigenvalue weighted by atomic mass is 31.2. The van der Waals surface area contributed by atoms with E-state index in [4.69, 9.17) is 19.1 Å². The topological polar surface area (TPSA) is 83.5 Å². The highest BCUT2D eigenvalue weighted by molar-refractivity contribution is 7.48. The van der Waals surface area contributed by atoms with Crippen LogP contribution < -0.4 is 0 Å². The summed E-state index contributed by atoms with van der Waals surface area (Å²) in [5.74, 6) is 0. The molecular formula is C9H22BO7P. The van der Waals surface area contributed by atoms with E-state index in [0.717, 1.165) is 6.42 Å². The van der Waals surface area contributed by atoms with Gasteiger partial charge in [-0.1, -0.05) is 6.92 Å². The summed E-state index contributed by atoms with van der Waals surface area (Å²) in [5.41, 5.74) is 0. The molecule has 0 aliphatic carbocycles. The predicted octanol–water partition coefficient (Wildman–Crippen LogP) is 0.125. The van der Waals surface area contributed by atoms with E-state index in [1.165, 1.54) is 14.2 Å². The molecule has 9 heteroatoms. The van der Waals surface area contributed by atoms with Crippen LogP contribution in [0.2, 0.25) is 0 Å². The lowest BCUT2D eigenvalue weighted by Gasteiger charge is -2.23. The van der Waals surface area contributed by atoms with E-state index in [-0.39, 0.29) is 18.7 Å². The molecule has 1 N–H and O–H groups in total. The molecule has 0 aliphatic heterocycles. The fourth-order valence-corrected chi connectivity index (χ4v) is 1.90. The predicted molar refractivity (Wildman–Crippen MR) is 68.1 cm³/mol. The summed E-state index contributed by atoms with van der Waals surface area (Å²) in [7, 11) is 0.917. The van der Waals surface area contributed by atoms with E-state index in [2.05, 4.69) is 9.05 Å². The first-order chi connectivity index (χ1) is 8.51. The van der Waals surface area contributed by atoms with Gasteiger partial charge in [0, 0.05) is 20.2 Å². The molecule has 0 aliphatic rings. The minimum absolute atomic E-state index is 0.0106. The number of phosphoric ester groups is 1. The summed E-state index contributed by atoms with van der Waals surface area (Å²) in [6, 6.07) is 0.0365. The molecule has 0 fully saturated rings. The Labute approximate surface area is 109 Å². The zero-order valence-corrected chi connectivity index (χ0v) is 12.2. The molecule has 108 valence electrons. The number of aliphatic hydroxyl groups excluding tert-OH is 1. The van der Waals surface area contributed by atoms with Gasteiger partial charge in [-0.3, -0.25) is 13.6 Å². The van der Waals surface area contributed by atoms with Gasteiger partial charge in [-0.15, -0.1) is 0 Å². The lowest BCUT2D eigenvalue weighted by atomic mass is 9.97. The normalized spacial score (nSPS) is 18.2.